The van der Waals surface area contributed by atoms with Crippen LogP contribution in [0.3, 0.4) is 0 Å². The van der Waals surface area contributed by atoms with Crippen LogP contribution in [0.1, 0.15) is 44.9 Å². The predicted octanol–water partition coefficient (Wildman–Crippen LogP) is 1.98. The maximum Gasteiger partial charge on any atom is 0.315 e. The first kappa shape index (κ1) is 16.6. The summed E-state index contributed by atoms with van der Waals surface area (Å²) in [6.45, 7) is 1.79. The van der Waals surface area contributed by atoms with Crippen molar-refractivity contribution >= 4 is 6.03 Å². The van der Waals surface area contributed by atoms with Crippen LogP contribution in [0.5, 0.6) is 0 Å². The summed E-state index contributed by atoms with van der Waals surface area (Å²) >= 11 is 0. The Bertz CT molecular complexity index is 329. The Morgan fingerprint density at radius 3 is 2.38 bits per heavy atom. The van der Waals surface area contributed by atoms with Crippen molar-refractivity contribution in [2.75, 3.05) is 34.3 Å². The number of hydrogen-bond acceptors (Lipinski definition) is 3. The minimum absolute atomic E-state index is 0.0330. The molecule has 0 aromatic rings. The third kappa shape index (κ3) is 4.85. The Balaban J connectivity index is 1.63. The van der Waals surface area contributed by atoms with Crippen molar-refractivity contribution in [2.24, 2.45) is 5.92 Å². The number of carbonyl (C=O) groups is 1. The molecule has 5 heteroatoms. The molecule has 0 atom stereocenters. The highest BCUT2D eigenvalue weighted by molar-refractivity contribution is 5.74. The fourth-order valence-electron chi connectivity index (χ4n) is 3.51. The molecule has 5 nitrogen and oxygen atoms in total. The van der Waals surface area contributed by atoms with E-state index in [-0.39, 0.29) is 11.6 Å². The molecular weight excluding hydrogens is 266 g/mol. The molecule has 2 aliphatic rings. The molecule has 0 aliphatic heterocycles. The molecule has 2 fully saturated rings. The van der Waals surface area contributed by atoms with Gasteiger partial charge < -0.3 is 20.3 Å². The van der Waals surface area contributed by atoms with Crippen LogP contribution in [0.25, 0.3) is 0 Å². The number of urea groups is 1. The molecule has 21 heavy (non-hydrogen) atoms. The van der Waals surface area contributed by atoms with E-state index in [1.165, 1.54) is 19.3 Å². The molecule has 0 heterocycles. The average molecular weight is 297 g/mol. The largest absolute Gasteiger partial charge is 0.376 e. The second-order valence-corrected chi connectivity index (χ2v) is 7.05. The number of nitrogens with one attached hydrogen (secondary N) is 2. The number of rotatable bonds is 6. The van der Waals surface area contributed by atoms with Gasteiger partial charge in [0.1, 0.15) is 0 Å². The Morgan fingerprint density at radius 2 is 1.90 bits per heavy atom. The lowest BCUT2D eigenvalue weighted by Gasteiger charge is -2.40. The highest BCUT2D eigenvalue weighted by Crippen LogP contribution is 2.34. The molecule has 2 saturated carbocycles. The second kappa shape index (κ2) is 7.45. The summed E-state index contributed by atoms with van der Waals surface area (Å²) in [5, 5.41) is 6.10. The summed E-state index contributed by atoms with van der Waals surface area (Å²) < 4.78 is 5.52. The predicted molar refractivity (Wildman–Crippen MR) is 84.4 cm³/mol. The number of nitrogens with zero attached hydrogens (tertiary/aromatic N) is 1. The zero-order valence-corrected chi connectivity index (χ0v) is 13.8. The molecule has 0 spiro atoms. The summed E-state index contributed by atoms with van der Waals surface area (Å²) in [6.07, 6.45) is 7.94. The lowest BCUT2D eigenvalue weighted by molar-refractivity contribution is -0.0674. The van der Waals surface area contributed by atoms with Crippen LogP contribution < -0.4 is 10.6 Å². The first-order valence-electron chi connectivity index (χ1n) is 8.27. The molecular formula is C16H31N3O2. The van der Waals surface area contributed by atoms with Crippen molar-refractivity contribution in [2.45, 2.75) is 56.6 Å². The van der Waals surface area contributed by atoms with Crippen LogP contribution in [-0.2, 0) is 4.74 Å². The van der Waals surface area contributed by atoms with Crippen molar-refractivity contribution in [1.82, 2.24) is 15.5 Å². The van der Waals surface area contributed by atoms with E-state index in [1.807, 2.05) is 0 Å². The molecule has 0 saturated heterocycles. The molecule has 2 amide bonds. The summed E-state index contributed by atoms with van der Waals surface area (Å²) in [5.41, 5.74) is -0.0965. The molecule has 0 unspecified atom stereocenters. The van der Waals surface area contributed by atoms with E-state index in [0.717, 1.165) is 38.1 Å². The van der Waals surface area contributed by atoms with Crippen LogP contribution >= 0.6 is 0 Å². The maximum absolute atomic E-state index is 12.0. The van der Waals surface area contributed by atoms with Crippen molar-refractivity contribution in [3.05, 3.63) is 0 Å². The Hall–Kier alpha value is -0.810. The number of amides is 2. The highest BCUT2D eigenvalue weighted by Gasteiger charge is 2.37. The van der Waals surface area contributed by atoms with Gasteiger partial charge in [-0.25, -0.2) is 4.79 Å². The smallest absolute Gasteiger partial charge is 0.315 e. The molecule has 2 rings (SSSR count). The van der Waals surface area contributed by atoms with Gasteiger partial charge in [0.2, 0.25) is 0 Å². The van der Waals surface area contributed by atoms with E-state index in [9.17, 15) is 4.79 Å². The van der Waals surface area contributed by atoms with E-state index < -0.39 is 0 Å². The van der Waals surface area contributed by atoms with Crippen LogP contribution in [0.15, 0.2) is 0 Å². The van der Waals surface area contributed by atoms with Gasteiger partial charge in [0.25, 0.3) is 0 Å². The van der Waals surface area contributed by atoms with Crippen molar-refractivity contribution < 1.29 is 9.53 Å². The topological polar surface area (TPSA) is 53.6 Å². The van der Waals surface area contributed by atoms with Crippen LogP contribution in [0, 0.1) is 5.92 Å². The van der Waals surface area contributed by atoms with Gasteiger partial charge in [0.05, 0.1) is 5.60 Å². The standard InChI is InChI=1S/C16H31N3O2/c1-19(2)11-13-5-7-14(8-6-13)18-15(20)17-12-16(21-3)9-4-10-16/h13-14H,4-12H2,1-3H3,(H2,17,18,20). The summed E-state index contributed by atoms with van der Waals surface area (Å²) in [5.74, 6) is 0.785. The zero-order valence-electron chi connectivity index (χ0n) is 13.8. The van der Waals surface area contributed by atoms with Gasteiger partial charge in [-0.15, -0.1) is 0 Å². The SMILES string of the molecule is COC1(CNC(=O)NC2CCC(CN(C)C)CC2)CCC1. The van der Waals surface area contributed by atoms with Gasteiger partial charge in [-0.1, -0.05) is 0 Å². The van der Waals surface area contributed by atoms with E-state index in [0.29, 0.717) is 12.6 Å². The van der Waals surface area contributed by atoms with E-state index in [4.69, 9.17) is 4.74 Å². The van der Waals surface area contributed by atoms with Gasteiger partial charge in [-0.2, -0.15) is 0 Å². The minimum atomic E-state index is -0.0965. The lowest BCUT2D eigenvalue weighted by Crippen LogP contribution is -2.53. The third-order valence-electron chi connectivity index (χ3n) is 5.07. The first-order chi connectivity index (χ1) is 10.0. The molecule has 0 aromatic carbocycles. The number of hydrogen-bond donors (Lipinski definition) is 2. The molecule has 0 bridgehead atoms. The highest BCUT2D eigenvalue weighted by atomic mass is 16.5. The minimum Gasteiger partial charge on any atom is -0.376 e. The molecule has 0 aromatic heterocycles. The normalized spacial score (nSPS) is 28.0. The summed E-state index contributed by atoms with van der Waals surface area (Å²) in [4.78, 5) is 14.2. The van der Waals surface area contributed by atoms with Gasteiger partial charge in [0, 0.05) is 26.2 Å². The Kier molecular flexibility index (Phi) is 5.88. The Morgan fingerprint density at radius 1 is 1.24 bits per heavy atom. The summed E-state index contributed by atoms with van der Waals surface area (Å²) in [6, 6.07) is 0.303. The quantitative estimate of drug-likeness (QED) is 0.788. The van der Waals surface area contributed by atoms with Gasteiger partial charge in [0.15, 0.2) is 0 Å². The molecule has 0 radical (unpaired) electrons. The number of ether oxygens (including phenoxy) is 1. The van der Waals surface area contributed by atoms with Crippen LogP contribution in [-0.4, -0.2) is 56.9 Å². The first-order valence-corrected chi connectivity index (χ1v) is 8.27. The number of methoxy groups -OCH3 is 1. The van der Waals surface area contributed by atoms with E-state index in [1.54, 1.807) is 7.11 Å². The van der Waals surface area contributed by atoms with E-state index >= 15 is 0 Å². The fraction of sp³-hybridized carbons (Fsp3) is 0.938. The molecule has 122 valence electrons. The third-order valence-corrected chi connectivity index (χ3v) is 5.07. The van der Waals surface area contributed by atoms with Crippen molar-refractivity contribution in [3.63, 3.8) is 0 Å². The maximum atomic E-state index is 12.0. The van der Waals surface area contributed by atoms with Crippen LogP contribution in [0.2, 0.25) is 0 Å². The zero-order chi connectivity index (χ0) is 15.3. The monoisotopic (exact) mass is 297 g/mol. The van der Waals surface area contributed by atoms with Crippen molar-refractivity contribution in [3.8, 4) is 0 Å². The fourth-order valence-corrected chi connectivity index (χ4v) is 3.51. The van der Waals surface area contributed by atoms with Gasteiger partial charge in [-0.05, 0) is 65.0 Å². The second-order valence-electron chi connectivity index (χ2n) is 7.05. The van der Waals surface area contributed by atoms with E-state index in [2.05, 4.69) is 29.6 Å². The molecule has 2 N–H and O–H groups in total. The van der Waals surface area contributed by atoms with Crippen molar-refractivity contribution in [1.29, 1.82) is 0 Å². The summed E-state index contributed by atoms with van der Waals surface area (Å²) in [7, 11) is 6.00. The van der Waals surface area contributed by atoms with Gasteiger partial charge in [-0.3, -0.25) is 0 Å². The van der Waals surface area contributed by atoms with Gasteiger partial charge >= 0.3 is 6.03 Å². The lowest BCUT2D eigenvalue weighted by atomic mass is 9.80. The number of carbonyl (C=O) groups excluding carboxylic acids is 1. The average Bonchev–Trinajstić information content (AvgIpc) is 2.40. The van der Waals surface area contributed by atoms with Crippen LogP contribution in [0.4, 0.5) is 4.79 Å². The molecule has 2 aliphatic carbocycles. The Labute approximate surface area is 128 Å².